The first-order chi connectivity index (χ1) is 9.66. The highest BCUT2D eigenvalue weighted by atomic mass is 16.6. The predicted octanol–water partition coefficient (Wildman–Crippen LogP) is 0.884. The molecule has 0 bridgehead atoms. The fraction of sp³-hybridized carbons (Fsp3) is 0.500. The normalized spacial score (nSPS) is 21.6. The van der Waals surface area contributed by atoms with Crippen LogP contribution in [0.1, 0.15) is 19.3 Å². The van der Waals surface area contributed by atoms with Crippen LogP contribution in [-0.2, 0) is 4.79 Å². The van der Waals surface area contributed by atoms with Crippen molar-refractivity contribution in [1.82, 2.24) is 0 Å². The van der Waals surface area contributed by atoms with Gasteiger partial charge in [0.25, 0.3) is 0 Å². The Labute approximate surface area is 117 Å². The third-order valence-electron chi connectivity index (χ3n) is 3.83. The molecule has 1 atom stereocenters. The molecule has 0 radical (unpaired) electrons. The second-order valence-electron chi connectivity index (χ2n) is 5.16. The van der Waals surface area contributed by atoms with Crippen LogP contribution in [0, 0.1) is 0 Å². The van der Waals surface area contributed by atoms with Crippen molar-refractivity contribution in [1.29, 1.82) is 0 Å². The lowest BCUT2D eigenvalue weighted by Crippen LogP contribution is -2.48. The number of rotatable bonds is 2. The largest absolute Gasteiger partial charge is 0.486 e. The van der Waals surface area contributed by atoms with Gasteiger partial charge in [-0.05, 0) is 19.3 Å². The van der Waals surface area contributed by atoms with Gasteiger partial charge in [-0.15, -0.1) is 0 Å². The number of hydrogen-bond acceptors (Lipinski definition) is 5. The summed E-state index contributed by atoms with van der Waals surface area (Å²) in [6.45, 7) is 1.83. The Morgan fingerprint density at radius 1 is 1.20 bits per heavy atom. The van der Waals surface area contributed by atoms with Gasteiger partial charge in [-0.1, -0.05) is 0 Å². The highest BCUT2D eigenvalue weighted by Gasteiger charge is 2.29. The maximum absolute atomic E-state index is 11.6. The molecular formula is C14H19N3O3. The number of benzene rings is 1. The van der Waals surface area contributed by atoms with Gasteiger partial charge >= 0.3 is 0 Å². The first kappa shape index (κ1) is 12.9. The number of anilines is 2. The van der Waals surface area contributed by atoms with Crippen molar-refractivity contribution in [2.24, 2.45) is 5.73 Å². The van der Waals surface area contributed by atoms with Crippen LogP contribution in [0.5, 0.6) is 11.5 Å². The Morgan fingerprint density at radius 3 is 2.60 bits per heavy atom. The van der Waals surface area contributed by atoms with Gasteiger partial charge in [0.2, 0.25) is 5.91 Å². The van der Waals surface area contributed by atoms with Crippen molar-refractivity contribution >= 4 is 17.3 Å². The SMILES string of the molecule is NC(=O)C1CCCCN1c1cc2c(cc1N)OCCO2. The number of carbonyl (C=O) groups excluding carboxylic acids is 1. The van der Waals surface area contributed by atoms with E-state index in [0.29, 0.717) is 30.4 Å². The highest BCUT2D eigenvalue weighted by Crippen LogP contribution is 2.40. The zero-order valence-electron chi connectivity index (χ0n) is 11.3. The molecule has 0 aromatic heterocycles. The van der Waals surface area contributed by atoms with E-state index in [1.54, 1.807) is 6.07 Å². The van der Waals surface area contributed by atoms with Crippen molar-refractivity contribution in [3.05, 3.63) is 12.1 Å². The Hall–Kier alpha value is -2.11. The number of hydrogen-bond donors (Lipinski definition) is 2. The monoisotopic (exact) mass is 277 g/mol. The number of piperidine rings is 1. The topological polar surface area (TPSA) is 90.8 Å². The molecule has 108 valence electrons. The van der Waals surface area contributed by atoms with E-state index in [-0.39, 0.29) is 11.9 Å². The summed E-state index contributed by atoms with van der Waals surface area (Å²) in [6.07, 6.45) is 2.80. The minimum absolute atomic E-state index is 0.298. The van der Waals surface area contributed by atoms with Gasteiger partial charge in [0.15, 0.2) is 11.5 Å². The molecule has 0 spiro atoms. The van der Waals surface area contributed by atoms with Gasteiger partial charge in [-0.2, -0.15) is 0 Å². The smallest absolute Gasteiger partial charge is 0.240 e. The molecule has 6 heteroatoms. The molecule has 1 amide bonds. The molecular weight excluding hydrogens is 258 g/mol. The van der Waals surface area contributed by atoms with E-state index >= 15 is 0 Å². The average Bonchev–Trinajstić information content (AvgIpc) is 2.46. The quantitative estimate of drug-likeness (QED) is 0.783. The molecule has 4 N–H and O–H groups in total. The third kappa shape index (κ3) is 2.21. The molecule has 0 saturated carbocycles. The first-order valence-electron chi connectivity index (χ1n) is 6.92. The van der Waals surface area contributed by atoms with Gasteiger partial charge in [-0.25, -0.2) is 0 Å². The highest BCUT2D eigenvalue weighted by molar-refractivity contribution is 5.86. The van der Waals surface area contributed by atoms with E-state index in [4.69, 9.17) is 20.9 Å². The van der Waals surface area contributed by atoms with Crippen LogP contribution in [0.4, 0.5) is 11.4 Å². The van der Waals surface area contributed by atoms with Crippen molar-refractivity contribution in [3.63, 3.8) is 0 Å². The number of ether oxygens (including phenoxy) is 2. The summed E-state index contributed by atoms with van der Waals surface area (Å²) < 4.78 is 11.1. The Kier molecular flexibility index (Phi) is 3.30. The summed E-state index contributed by atoms with van der Waals surface area (Å²) in [5.41, 5.74) is 13.0. The molecule has 2 heterocycles. The van der Waals surface area contributed by atoms with Gasteiger partial charge in [0.05, 0.1) is 11.4 Å². The van der Waals surface area contributed by atoms with Crippen LogP contribution in [0.2, 0.25) is 0 Å². The summed E-state index contributed by atoms with van der Waals surface area (Å²) in [5, 5.41) is 0. The summed E-state index contributed by atoms with van der Waals surface area (Å²) in [6, 6.07) is 3.32. The molecule has 1 unspecified atom stereocenters. The lowest BCUT2D eigenvalue weighted by Gasteiger charge is -2.36. The van der Waals surface area contributed by atoms with Gasteiger partial charge in [0, 0.05) is 18.7 Å². The first-order valence-corrected chi connectivity index (χ1v) is 6.92. The van der Waals surface area contributed by atoms with Gasteiger partial charge in [-0.3, -0.25) is 4.79 Å². The number of carbonyl (C=O) groups is 1. The van der Waals surface area contributed by atoms with E-state index in [1.165, 1.54) is 0 Å². The van der Waals surface area contributed by atoms with Crippen LogP contribution < -0.4 is 25.8 Å². The predicted molar refractivity (Wildman–Crippen MR) is 76.0 cm³/mol. The van der Waals surface area contributed by atoms with Crippen LogP contribution in [0.15, 0.2) is 12.1 Å². The average molecular weight is 277 g/mol. The number of amides is 1. The molecule has 1 aromatic carbocycles. The zero-order valence-corrected chi connectivity index (χ0v) is 11.3. The van der Waals surface area contributed by atoms with Crippen molar-refractivity contribution in [2.45, 2.75) is 25.3 Å². The number of nitrogens with zero attached hydrogens (tertiary/aromatic N) is 1. The third-order valence-corrected chi connectivity index (χ3v) is 3.83. The van der Waals surface area contributed by atoms with Crippen molar-refractivity contribution < 1.29 is 14.3 Å². The molecule has 1 fully saturated rings. The van der Waals surface area contributed by atoms with Crippen LogP contribution in [0.25, 0.3) is 0 Å². The second kappa shape index (κ2) is 5.11. The summed E-state index contributed by atoms with van der Waals surface area (Å²) in [5.74, 6) is 1.03. The number of primary amides is 1. The number of fused-ring (bicyclic) bond motifs is 1. The Morgan fingerprint density at radius 2 is 1.90 bits per heavy atom. The van der Waals surface area contributed by atoms with Crippen LogP contribution in [-0.4, -0.2) is 31.7 Å². The molecule has 6 nitrogen and oxygen atoms in total. The molecule has 2 aliphatic heterocycles. The molecule has 3 rings (SSSR count). The molecule has 20 heavy (non-hydrogen) atoms. The number of nitrogens with two attached hydrogens (primary N) is 2. The fourth-order valence-corrected chi connectivity index (χ4v) is 2.86. The summed E-state index contributed by atoms with van der Waals surface area (Å²) >= 11 is 0. The van der Waals surface area contributed by atoms with Crippen molar-refractivity contribution in [2.75, 3.05) is 30.4 Å². The molecule has 1 aromatic rings. The molecule has 2 aliphatic rings. The Balaban J connectivity index is 1.97. The van der Waals surface area contributed by atoms with Crippen molar-refractivity contribution in [3.8, 4) is 11.5 Å². The summed E-state index contributed by atoms with van der Waals surface area (Å²) in [7, 11) is 0. The van der Waals surface area contributed by atoms with E-state index in [1.807, 2.05) is 11.0 Å². The molecule has 1 saturated heterocycles. The van der Waals surface area contributed by atoms with Crippen LogP contribution >= 0.6 is 0 Å². The summed E-state index contributed by atoms with van der Waals surface area (Å²) in [4.78, 5) is 13.6. The second-order valence-corrected chi connectivity index (χ2v) is 5.16. The maximum atomic E-state index is 11.6. The minimum Gasteiger partial charge on any atom is -0.486 e. The number of nitrogen functional groups attached to an aromatic ring is 1. The zero-order chi connectivity index (χ0) is 14.1. The lowest BCUT2D eigenvalue weighted by molar-refractivity contribution is -0.119. The Bertz CT molecular complexity index is 533. The van der Waals surface area contributed by atoms with Gasteiger partial charge in [0.1, 0.15) is 19.3 Å². The minimum atomic E-state index is -0.306. The van der Waals surface area contributed by atoms with E-state index in [0.717, 1.165) is 31.5 Å². The maximum Gasteiger partial charge on any atom is 0.240 e. The van der Waals surface area contributed by atoms with E-state index < -0.39 is 0 Å². The fourth-order valence-electron chi connectivity index (χ4n) is 2.86. The van der Waals surface area contributed by atoms with E-state index in [9.17, 15) is 4.79 Å². The van der Waals surface area contributed by atoms with Crippen LogP contribution in [0.3, 0.4) is 0 Å². The van der Waals surface area contributed by atoms with Gasteiger partial charge < -0.3 is 25.8 Å². The lowest BCUT2D eigenvalue weighted by atomic mass is 10.00. The molecule has 0 aliphatic carbocycles. The standard InChI is InChI=1S/C14H19N3O3/c15-9-7-12-13(20-6-5-19-12)8-11(9)17-4-2-1-3-10(17)14(16)18/h7-8,10H,1-6,15H2,(H2,16,18). The van der Waals surface area contributed by atoms with E-state index in [2.05, 4.69) is 0 Å².